The summed E-state index contributed by atoms with van der Waals surface area (Å²) in [7, 11) is 0. The van der Waals surface area contributed by atoms with Crippen molar-refractivity contribution in [2.75, 3.05) is 0 Å². The molecule has 0 radical (unpaired) electrons. The van der Waals surface area contributed by atoms with Gasteiger partial charge in [0.25, 0.3) is 11.8 Å². The Bertz CT molecular complexity index is 1250. The molecule has 8 heteroatoms. The van der Waals surface area contributed by atoms with Crippen LogP contribution in [0, 0.1) is 17.1 Å². The molecule has 152 valence electrons. The van der Waals surface area contributed by atoms with Gasteiger partial charge < -0.3 is 15.1 Å². The normalized spacial score (nSPS) is 13.6. The number of nitrogens with one attached hydrogen (secondary N) is 2. The van der Waals surface area contributed by atoms with Crippen molar-refractivity contribution in [3.63, 3.8) is 0 Å². The van der Waals surface area contributed by atoms with E-state index in [2.05, 4.69) is 15.6 Å². The summed E-state index contributed by atoms with van der Waals surface area (Å²) in [6.45, 7) is 0.115. The monoisotopic (exact) mass is 414 g/mol. The van der Waals surface area contributed by atoms with Crippen LogP contribution < -0.4 is 10.6 Å². The molecule has 2 aromatic carbocycles. The molecule has 7 nitrogen and oxygen atoms in total. The first-order valence-corrected chi connectivity index (χ1v) is 9.27. The van der Waals surface area contributed by atoms with Crippen molar-refractivity contribution < 1.29 is 18.4 Å². The fourth-order valence-corrected chi connectivity index (χ4v) is 3.08. The maximum Gasteiger partial charge on any atom is 0.264 e. The van der Waals surface area contributed by atoms with Gasteiger partial charge in [-0.25, -0.2) is 9.38 Å². The van der Waals surface area contributed by atoms with Gasteiger partial charge in [0, 0.05) is 16.7 Å². The van der Waals surface area contributed by atoms with Crippen molar-refractivity contribution in [1.29, 1.82) is 5.26 Å². The lowest BCUT2D eigenvalue weighted by atomic mass is 10.0. The molecule has 2 amide bonds. The fraction of sp³-hybridized carbons (Fsp3) is 0.0435. The molecule has 1 aliphatic rings. The topological polar surface area (TPSA) is 107 Å². The first-order chi connectivity index (χ1) is 15.1. The highest BCUT2D eigenvalue weighted by molar-refractivity contribution is 6.20. The molecule has 0 saturated heterocycles. The van der Waals surface area contributed by atoms with Crippen molar-refractivity contribution in [2.45, 2.75) is 6.54 Å². The second-order valence-electron chi connectivity index (χ2n) is 6.56. The molecule has 2 N–H and O–H groups in total. The van der Waals surface area contributed by atoms with E-state index in [1.54, 1.807) is 36.4 Å². The third-order valence-electron chi connectivity index (χ3n) is 4.58. The van der Waals surface area contributed by atoms with Crippen LogP contribution in [0.15, 0.2) is 81.9 Å². The lowest BCUT2D eigenvalue weighted by Gasteiger charge is -2.06. The molecule has 2 heterocycles. The number of amides is 2. The van der Waals surface area contributed by atoms with E-state index >= 15 is 0 Å². The van der Waals surface area contributed by atoms with Gasteiger partial charge in [0.05, 0.1) is 18.5 Å². The number of furan rings is 1. The van der Waals surface area contributed by atoms with Crippen molar-refractivity contribution in [3.05, 3.63) is 101 Å². The molecule has 3 aromatic rings. The number of carbonyl (C=O) groups excluding carboxylic acids is 2. The summed E-state index contributed by atoms with van der Waals surface area (Å²) < 4.78 is 18.3. The van der Waals surface area contributed by atoms with Crippen LogP contribution in [0.5, 0.6) is 0 Å². The fourth-order valence-electron chi connectivity index (χ4n) is 3.08. The Kier molecular flexibility index (Phi) is 5.41. The van der Waals surface area contributed by atoms with Gasteiger partial charge in [-0.3, -0.25) is 9.59 Å². The van der Waals surface area contributed by atoms with Crippen LogP contribution in [0.25, 0.3) is 5.70 Å². The molecular weight excluding hydrogens is 399 g/mol. The number of rotatable bonds is 4. The number of hydrogen-bond donors (Lipinski definition) is 2. The number of amidine groups is 1. The Balaban J connectivity index is 1.64. The maximum atomic E-state index is 13.1. The quantitative estimate of drug-likeness (QED) is 0.505. The van der Waals surface area contributed by atoms with Gasteiger partial charge in [-0.15, -0.1) is 0 Å². The Morgan fingerprint density at radius 3 is 2.45 bits per heavy atom. The maximum absolute atomic E-state index is 13.1. The van der Waals surface area contributed by atoms with Crippen molar-refractivity contribution >= 4 is 23.3 Å². The van der Waals surface area contributed by atoms with Crippen molar-refractivity contribution in [1.82, 2.24) is 10.6 Å². The van der Waals surface area contributed by atoms with E-state index in [-0.39, 0.29) is 29.2 Å². The van der Waals surface area contributed by atoms with Crippen LogP contribution in [0.3, 0.4) is 0 Å². The number of fused-ring (bicyclic) bond motifs is 1. The number of halogens is 1. The highest BCUT2D eigenvalue weighted by atomic mass is 19.1. The molecular formula is C23H15FN4O3. The van der Waals surface area contributed by atoms with E-state index in [9.17, 15) is 19.2 Å². The lowest BCUT2D eigenvalue weighted by molar-refractivity contribution is -0.117. The number of aliphatic imine (C=N–C) groups is 1. The third kappa shape index (κ3) is 4.11. The van der Waals surface area contributed by atoms with E-state index in [1.807, 2.05) is 6.07 Å². The number of benzene rings is 2. The van der Waals surface area contributed by atoms with Crippen molar-refractivity contribution in [2.24, 2.45) is 4.99 Å². The zero-order valence-electron chi connectivity index (χ0n) is 16.1. The SMILES string of the molecule is N#C/C(C(=O)NCc1ccco1)=C1\N=C(NC(=O)c2ccc(F)cc2)c2ccccc21. The van der Waals surface area contributed by atoms with E-state index in [0.717, 1.165) is 0 Å². The van der Waals surface area contributed by atoms with Gasteiger partial charge in [-0.05, 0) is 36.4 Å². The van der Waals surface area contributed by atoms with Crippen LogP contribution in [-0.4, -0.2) is 17.6 Å². The van der Waals surface area contributed by atoms with Crippen LogP contribution in [0.4, 0.5) is 4.39 Å². The zero-order chi connectivity index (χ0) is 21.8. The molecule has 0 fully saturated rings. The minimum Gasteiger partial charge on any atom is -0.467 e. The standard InChI is InChI=1S/C23H15FN4O3/c24-15-9-7-14(8-10-15)22(29)28-21-18-6-2-1-5-17(18)20(27-21)19(12-25)23(30)26-13-16-4-3-11-31-16/h1-11H,13H2,(H,26,30)(H,27,28,29)/b20-19+. The van der Waals surface area contributed by atoms with Gasteiger partial charge in [0.15, 0.2) is 0 Å². The molecule has 0 bridgehead atoms. The van der Waals surface area contributed by atoms with Gasteiger partial charge in [0.2, 0.25) is 0 Å². The van der Waals surface area contributed by atoms with Crippen LogP contribution in [0.2, 0.25) is 0 Å². The predicted molar refractivity (Wildman–Crippen MR) is 110 cm³/mol. The van der Waals surface area contributed by atoms with E-state index in [0.29, 0.717) is 16.9 Å². The van der Waals surface area contributed by atoms with Crippen molar-refractivity contribution in [3.8, 4) is 6.07 Å². The molecule has 4 rings (SSSR count). The van der Waals surface area contributed by atoms with Crippen LogP contribution in [-0.2, 0) is 11.3 Å². The summed E-state index contributed by atoms with van der Waals surface area (Å²) in [5.74, 6) is -0.816. The Morgan fingerprint density at radius 2 is 1.77 bits per heavy atom. The predicted octanol–water partition coefficient (Wildman–Crippen LogP) is 3.16. The summed E-state index contributed by atoms with van der Waals surface area (Å²) in [5.41, 5.74) is 1.33. The first kappa shape index (κ1) is 19.8. The number of nitriles is 1. The number of carbonyl (C=O) groups is 2. The highest BCUT2D eigenvalue weighted by Gasteiger charge is 2.27. The zero-order valence-corrected chi connectivity index (χ0v) is 16.1. The summed E-state index contributed by atoms with van der Waals surface area (Å²) in [5, 5.41) is 14.9. The Morgan fingerprint density at radius 1 is 1.03 bits per heavy atom. The van der Waals surface area contributed by atoms with E-state index in [1.165, 1.54) is 30.5 Å². The lowest BCUT2D eigenvalue weighted by Crippen LogP contribution is -2.30. The molecule has 0 atom stereocenters. The average Bonchev–Trinajstić information content (AvgIpc) is 3.42. The minimum atomic E-state index is -0.612. The smallest absolute Gasteiger partial charge is 0.264 e. The van der Waals surface area contributed by atoms with Crippen LogP contribution >= 0.6 is 0 Å². The molecule has 1 aliphatic heterocycles. The molecule has 31 heavy (non-hydrogen) atoms. The molecule has 1 aromatic heterocycles. The summed E-state index contributed by atoms with van der Waals surface area (Å²) in [6, 6.07) is 17.3. The molecule has 0 saturated carbocycles. The Labute approximate surface area is 176 Å². The van der Waals surface area contributed by atoms with E-state index < -0.39 is 17.6 Å². The Hall–Kier alpha value is -4.51. The molecule has 0 unspecified atom stereocenters. The van der Waals surface area contributed by atoms with Gasteiger partial charge in [0.1, 0.15) is 29.1 Å². The van der Waals surface area contributed by atoms with Gasteiger partial charge in [-0.1, -0.05) is 24.3 Å². The third-order valence-corrected chi connectivity index (χ3v) is 4.58. The van der Waals surface area contributed by atoms with E-state index in [4.69, 9.17) is 4.42 Å². The second kappa shape index (κ2) is 8.47. The summed E-state index contributed by atoms with van der Waals surface area (Å²) >= 11 is 0. The molecule has 0 aliphatic carbocycles. The number of hydrogen-bond acceptors (Lipinski definition) is 5. The summed E-state index contributed by atoms with van der Waals surface area (Å²) in [4.78, 5) is 29.5. The van der Waals surface area contributed by atoms with Gasteiger partial charge in [-0.2, -0.15) is 5.26 Å². The molecule has 0 spiro atoms. The van der Waals surface area contributed by atoms with Crippen LogP contribution in [0.1, 0.15) is 27.2 Å². The highest BCUT2D eigenvalue weighted by Crippen LogP contribution is 2.30. The average molecular weight is 414 g/mol. The summed E-state index contributed by atoms with van der Waals surface area (Å²) in [6.07, 6.45) is 1.48. The minimum absolute atomic E-state index is 0.115. The second-order valence-corrected chi connectivity index (χ2v) is 6.56. The first-order valence-electron chi connectivity index (χ1n) is 9.27. The van der Waals surface area contributed by atoms with Gasteiger partial charge >= 0.3 is 0 Å². The largest absolute Gasteiger partial charge is 0.467 e. The number of nitrogens with zero attached hydrogens (tertiary/aromatic N) is 2.